The SMILES string of the molecule is C=C1Nc2c(Cl)cc3cc(CN(CCOC)C(C)C)oc3c2C2(CCCCC2)N1. The van der Waals surface area contributed by atoms with Crippen LogP contribution in [0.1, 0.15) is 57.3 Å². The lowest BCUT2D eigenvalue weighted by Crippen LogP contribution is -2.48. The molecule has 1 aromatic carbocycles. The minimum atomic E-state index is -0.151. The minimum Gasteiger partial charge on any atom is -0.459 e. The second-order valence-corrected chi connectivity index (χ2v) is 9.07. The van der Waals surface area contributed by atoms with Crippen LogP contribution in [0.25, 0.3) is 11.0 Å². The highest BCUT2D eigenvalue weighted by Gasteiger charge is 2.42. The van der Waals surface area contributed by atoms with Crippen LogP contribution in [-0.4, -0.2) is 31.2 Å². The summed E-state index contributed by atoms with van der Waals surface area (Å²) >= 11 is 6.72. The molecule has 29 heavy (non-hydrogen) atoms. The van der Waals surface area contributed by atoms with Gasteiger partial charge in [-0.2, -0.15) is 0 Å². The number of methoxy groups -OCH3 is 1. The van der Waals surface area contributed by atoms with Gasteiger partial charge in [0.2, 0.25) is 0 Å². The van der Waals surface area contributed by atoms with E-state index in [2.05, 4.69) is 42.0 Å². The van der Waals surface area contributed by atoms with Crippen molar-refractivity contribution in [2.75, 3.05) is 25.6 Å². The number of furan rings is 1. The quantitative estimate of drug-likeness (QED) is 0.641. The second-order valence-electron chi connectivity index (χ2n) is 8.67. The van der Waals surface area contributed by atoms with Crippen LogP contribution in [0.2, 0.25) is 5.02 Å². The van der Waals surface area contributed by atoms with Crippen molar-refractivity contribution in [3.63, 3.8) is 0 Å². The van der Waals surface area contributed by atoms with Crippen LogP contribution in [-0.2, 0) is 16.8 Å². The van der Waals surface area contributed by atoms with E-state index in [1.807, 2.05) is 6.07 Å². The number of rotatable bonds is 6. The van der Waals surface area contributed by atoms with Crippen LogP contribution in [0.5, 0.6) is 0 Å². The van der Waals surface area contributed by atoms with Crippen LogP contribution in [0.15, 0.2) is 28.9 Å². The smallest absolute Gasteiger partial charge is 0.142 e. The van der Waals surface area contributed by atoms with Gasteiger partial charge in [0.1, 0.15) is 11.3 Å². The predicted octanol–water partition coefficient (Wildman–Crippen LogP) is 5.59. The van der Waals surface area contributed by atoms with Crippen molar-refractivity contribution in [1.29, 1.82) is 0 Å². The van der Waals surface area contributed by atoms with Crippen molar-refractivity contribution in [3.8, 4) is 0 Å². The second kappa shape index (κ2) is 8.21. The summed E-state index contributed by atoms with van der Waals surface area (Å²) in [5.41, 5.74) is 2.92. The molecule has 0 radical (unpaired) electrons. The van der Waals surface area contributed by atoms with E-state index in [9.17, 15) is 0 Å². The molecule has 4 rings (SSSR count). The Kier molecular flexibility index (Phi) is 5.83. The molecule has 1 spiro atoms. The monoisotopic (exact) mass is 417 g/mol. The van der Waals surface area contributed by atoms with Crippen molar-refractivity contribution in [2.45, 2.75) is 64.1 Å². The number of nitrogens with one attached hydrogen (secondary N) is 2. The zero-order valence-corrected chi connectivity index (χ0v) is 18.5. The Morgan fingerprint density at radius 3 is 2.72 bits per heavy atom. The van der Waals surface area contributed by atoms with Gasteiger partial charge < -0.3 is 19.8 Å². The standard InChI is InChI=1S/C23H32ClN3O2/c1-15(2)27(10-11-28-4)14-18-12-17-13-19(24)21-20(22(17)29-18)23(26-16(3)25-21)8-6-5-7-9-23/h12-13,15,25-26H,3,5-11,14H2,1-2,4H3. The van der Waals surface area contributed by atoms with Crippen molar-refractivity contribution in [3.05, 3.63) is 40.9 Å². The van der Waals surface area contributed by atoms with E-state index in [-0.39, 0.29) is 5.54 Å². The van der Waals surface area contributed by atoms with E-state index in [1.54, 1.807) is 7.11 Å². The third-order valence-corrected chi connectivity index (χ3v) is 6.63. The predicted molar refractivity (Wildman–Crippen MR) is 119 cm³/mol. The average molecular weight is 418 g/mol. The topological polar surface area (TPSA) is 49.7 Å². The van der Waals surface area contributed by atoms with Gasteiger partial charge in [-0.1, -0.05) is 37.4 Å². The maximum absolute atomic E-state index is 6.72. The summed E-state index contributed by atoms with van der Waals surface area (Å²) in [5, 5.41) is 8.81. The summed E-state index contributed by atoms with van der Waals surface area (Å²) in [7, 11) is 1.74. The molecule has 158 valence electrons. The van der Waals surface area contributed by atoms with Crippen molar-refractivity contribution < 1.29 is 9.15 Å². The van der Waals surface area contributed by atoms with E-state index < -0.39 is 0 Å². The molecule has 0 atom stereocenters. The number of anilines is 1. The Morgan fingerprint density at radius 2 is 2.03 bits per heavy atom. The first kappa shape index (κ1) is 20.6. The molecule has 2 aromatic rings. The maximum atomic E-state index is 6.72. The molecule has 2 aliphatic rings. The Bertz CT molecular complexity index is 899. The van der Waals surface area contributed by atoms with Gasteiger partial charge in [0.25, 0.3) is 0 Å². The third-order valence-electron chi connectivity index (χ3n) is 6.33. The van der Waals surface area contributed by atoms with Crippen molar-refractivity contribution in [2.24, 2.45) is 0 Å². The Hall–Kier alpha value is -1.69. The summed E-state index contributed by atoms with van der Waals surface area (Å²) in [6.45, 7) is 10.9. The van der Waals surface area contributed by atoms with Gasteiger partial charge >= 0.3 is 0 Å². The highest BCUT2D eigenvalue weighted by molar-refractivity contribution is 6.34. The van der Waals surface area contributed by atoms with Crippen LogP contribution >= 0.6 is 11.6 Å². The summed E-state index contributed by atoms with van der Waals surface area (Å²) in [5.74, 6) is 1.78. The highest BCUT2D eigenvalue weighted by atomic mass is 35.5. The van der Waals surface area contributed by atoms with Crippen LogP contribution in [0.4, 0.5) is 5.69 Å². The molecule has 1 aliphatic carbocycles. The Morgan fingerprint density at radius 1 is 1.28 bits per heavy atom. The van der Waals surface area contributed by atoms with E-state index in [4.69, 9.17) is 20.8 Å². The van der Waals surface area contributed by atoms with Gasteiger partial charge in [0, 0.05) is 30.6 Å². The Balaban J connectivity index is 1.78. The first-order chi connectivity index (χ1) is 13.9. The van der Waals surface area contributed by atoms with Crippen LogP contribution in [0, 0.1) is 0 Å². The zero-order chi connectivity index (χ0) is 20.6. The van der Waals surface area contributed by atoms with Crippen LogP contribution in [0.3, 0.4) is 0 Å². The summed E-state index contributed by atoms with van der Waals surface area (Å²) in [4.78, 5) is 2.37. The van der Waals surface area contributed by atoms with Crippen LogP contribution < -0.4 is 10.6 Å². The largest absolute Gasteiger partial charge is 0.459 e. The molecular weight excluding hydrogens is 386 g/mol. The van der Waals surface area contributed by atoms with Gasteiger partial charge in [-0.15, -0.1) is 0 Å². The summed E-state index contributed by atoms with van der Waals surface area (Å²) in [6, 6.07) is 4.57. The van der Waals surface area contributed by atoms with Gasteiger partial charge in [-0.3, -0.25) is 4.90 Å². The van der Waals surface area contributed by atoms with Gasteiger partial charge in [0.05, 0.1) is 35.2 Å². The third kappa shape index (κ3) is 3.88. The summed E-state index contributed by atoms with van der Waals surface area (Å²) in [6.07, 6.45) is 5.80. The highest BCUT2D eigenvalue weighted by Crippen LogP contribution is 2.49. The average Bonchev–Trinajstić information content (AvgIpc) is 3.07. The van der Waals surface area contributed by atoms with E-state index >= 15 is 0 Å². The van der Waals surface area contributed by atoms with E-state index in [1.165, 1.54) is 24.8 Å². The molecule has 2 N–H and O–H groups in total. The lowest BCUT2D eigenvalue weighted by Gasteiger charge is -2.44. The number of fused-ring (bicyclic) bond motifs is 4. The fourth-order valence-corrected chi connectivity index (χ4v) is 5.11. The minimum absolute atomic E-state index is 0.151. The molecule has 0 saturated heterocycles. The zero-order valence-electron chi connectivity index (χ0n) is 17.7. The van der Waals surface area contributed by atoms with Gasteiger partial charge in [-0.05, 0) is 38.8 Å². The molecule has 1 fully saturated rings. The molecule has 6 heteroatoms. The lowest BCUT2D eigenvalue weighted by molar-refractivity contribution is 0.120. The number of ether oxygens (including phenoxy) is 1. The Labute approximate surface area is 178 Å². The molecule has 0 bridgehead atoms. The fraction of sp³-hybridized carbons (Fsp3) is 0.565. The number of hydrogen-bond acceptors (Lipinski definition) is 5. The maximum Gasteiger partial charge on any atom is 0.142 e. The lowest BCUT2D eigenvalue weighted by atomic mass is 9.74. The van der Waals surface area contributed by atoms with E-state index in [0.29, 0.717) is 12.6 Å². The number of halogens is 1. The number of nitrogens with zero attached hydrogens (tertiary/aromatic N) is 1. The molecular formula is C23H32ClN3O2. The van der Waals surface area contributed by atoms with Gasteiger partial charge in [0.15, 0.2) is 0 Å². The van der Waals surface area contributed by atoms with Crippen molar-refractivity contribution >= 4 is 28.3 Å². The van der Waals surface area contributed by atoms with E-state index in [0.717, 1.165) is 59.2 Å². The first-order valence-corrected chi connectivity index (χ1v) is 11.0. The first-order valence-electron chi connectivity index (χ1n) is 10.7. The molecule has 1 aliphatic heterocycles. The molecule has 0 amide bonds. The number of benzene rings is 1. The molecule has 2 heterocycles. The summed E-state index contributed by atoms with van der Waals surface area (Å²) < 4.78 is 11.8. The molecule has 0 unspecified atom stereocenters. The number of hydrogen-bond donors (Lipinski definition) is 2. The normalized spacial score (nSPS) is 18.3. The molecule has 1 saturated carbocycles. The van der Waals surface area contributed by atoms with Gasteiger partial charge in [-0.25, -0.2) is 0 Å². The molecule has 5 nitrogen and oxygen atoms in total. The fourth-order valence-electron chi connectivity index (χ4n) is 4.85. The molecule has 1 aromatic heterocycles. The van der Waals surface area contributed by atoms with Crippen molar-refractivity contribution in [1.82, 2.24) is 10.2 Å².